The Morgan fingerprint density at radius 2 is 2.09 bits per heavy atom. The molecule has 2 rings (SSSR count). The maximum absolute atomic E-state index is 12.4. The zero-order valence-electron chi connectivity index (χ0n) is 5.34. The molecule has 0 saturated carbocycles. The third-order valence-corrected chi connectivity index (χ3v) is 1.32. The van der Waals surface area contributed by atoms with Crippen molar-refractivity contribution in [2.45, 2.75) is 0 Å². The van der Waals surface area contributed by atoms with Crippen molar-refractivity contribution in [1.29, 1.82) is 0 Å². The predicted octanol–water partition coefficient (Wildman–Crippen LogP) is 2.11. The second-order valence-electron chi connectivity index (χ2n) is 2.08. The molecule has 1 aromatic carbocycles. The third-order valence-electron chi connectivity index (χ3n) is 1.32. The van der Waals surface area contributed by atoms with E-state index in [1.54, 1.807) is 0 Å². The first-order chi connectivity index (χ1) is 5.25. The number of fused-ring (bicyclic) bond motifs is 1. The number of hydrogen-bond donors (Lipinski definition) is 0. The van der Waals surface area contributed by atoms with Gasteiger partial charge in [-0.15, -0.1) is 4.39 Å². The molecule has 0 fully saturated rings. The zero-order chi connectivity index (χ0) is 7.84. The quantitative estimate of drug-likeness (QED) is 0.582. The molecule has 0 saturated heterocycles. The number of aromatic nitrogens is 1. The fraction of sp³-hybridized carbons (Fsp3) is 0. The minimum absolute atomic E-state index is 0.197. The predicted molar refractivity (Wildman–Crippen MR) is 33.9 cm³/mol. The number of hydrogen-bond acceptors (Lipinski definition) is 2. The van der Waals surface area contributed by atoms with Gasteiger partial charge in [-0.2, -0.15) is 4.98 Å². The van der Waals surface area contributed by atoms with Gasteiger partial charge in [0.15, 0.2) is 5.58 Å². The van der Waals surface area contributed by atoms with Gasteiger partial charge in [-0.1, -0.05) is 0 Å². The first-order valence-corrected chi connectivity index (χ1v) is 2.97. The summed E-state index contributed by atoms with van der Waals surface area (Å²) in [4.78, 5) is 3.30. The van der Waals surface area contributed by atoms with Gasteiger partial charge in [0.25, 0.3) is 0 Å². The van der Waals surface area contributed by atoms with Crippen molar-refractivity contribution in [2.24, 2.45) is 0 Å². The van der Waals surface area contributed by atoms with Crippen molar-refractivity contribution in [3.63, 3.8) is 0 Å². The smallest absolute Gasteiger partial charge is 0.382 e. The van der Waals surface area contributed by atoms with Crippen LogP contribution < -0.4 is 0 Å². The molecule has 0 spiro atoms. The van der Waals surface area contributed by atoms with Gasteiger partial charge in [-0.25, -0.2) is 4.39 Å². The van der Waals surface area contributed by atoms with Crippen molar-refractivity contribution in [2.75, 3.05) is 0 Å². The summed E-state index contributed by atoms with van der Waals surface area (Å²) in [5.74, 6) is -0.453. The summed E-state index contributed by atoms with van der Waals surface area (Å²) in [6.45, 7) is 0. The molecule has 0 bridgehead atoms. The third kappa shape index (κ3) is 0.960. The molecule has 1 aromatic heterocycles. The van der Waals surface area contributed by atoms with Crippen LogP contribution in [0.5, 0.6) is 0 Å². The monoisotopic (exact) mass is 155 g/mol. The Morgan fingerprint density at radius 3 is 2.91 bits per heavy atom. The lowest BCUT2D eigenvalue weighted by Gasteiger charge is -1.84. The van der Waals surface area contributed by atoms with Crippen molar-refractivity contribution in [3.05, 3.63) is 30.2 Å². The molecule has 0 atom stereocenters. The average molecular weight is 155 g/mol. The molecule has 0 aliphatic rings. The van der Waals surface area contributed by atoms with Crippen LogP contribution in [-0.2, 0) is 0 Å². The summed E-state index contributed by atoms with van der Waals surface area (Å²) in [6, 6.07) is 3.63. The highest BCUT2D eigenvalue weighted by Crippen LogP contribution is 2.14. The standard InChI is InChI=1S/C7H3F2NO/c8-4-1-2-6-5(3-4)10-7(9)11-6/h1-3H. The second-order valence-corrected chi connectivity index (χ2v) is 2.08. The van der Waals surface area contributed by atoms with Gasteiger partial charge in [0, 0.05) is 6.07 Å². The van der Waals surface area contributed by atoms with E-state index in [0.717, 1.165) is 6.07 Å². The van der Waals surface area contributed by atoms with Crippen LogP contribution in [0.15, 0.2) is 22.6 Å². The number of rotatable bonds is 0. The second kappa shape index (κ2) is 2.02. The van der Waals surface area contributed by atoms with Crippen LogP contribution in [0.1, 0.15) is 0 Å². The van der Waals surface area contributed by atoms with E-state index in [2.05, 4.69) is 9.40 Å². The van der Waals surface area contributed by atoms with E-state index in [9.17, 15) is 8.78 Å². The lowest BCUT2D eigenvalue weighted by molar-refractivity contribution is 0.355. The van der Waals surface area contributed by atoms with Crippen LogP contribution >= 0.6 is 0 Å². The van der Waals surface area contributed by atoms with E-state index < -0.39 is 12.0 Å². The van der Waals surface area contributed by atoms with Crippen LogP contribution in [0.25, 0.3) is 11.1 Å². The summed E-state index contributed by atoms with van der Waals surface area (Å²) in [5, 5.41) is 0. The zero-order valence-corrected chi connectivity index (χ0v) is 5.34. The summed E-state index contributed by atoms with van der Waals surface area (Å²) in [7, 11) is 0. The van der Waals surface area contributed by atoms with Crippen molar-refractivity contribution in [3.8, 4) is 0 Å². The van der Waals surface area contributed by atoms with E-state index in [1.807, 2.05) is 0 Å². The van der Waals surface area contributed by atoms with Crippen molar-refractivity contribution < 1.29 is 13.2 Å². The lowest BCUT2D eigenvalue weighted by atomic mass is 10.3. The highest BCUT2D eigenvalue weighted by atomic mass is 19.1. The van der Waals surface area contributed by atoms with Crippen LogP contribution in [0.4, 0.5) is 8.78 Å². The Morgan fingerprint density at radius 1 is 1.27 bits per heavy atom. The van der Waals surface area contributed by atoms with E-state index in [1.165, 1.54) is 12.1 Å². The number of benzene rings is 1. The molecular formula is C7H3F2NO. The Hall–Kier alpha value is -1.45. The topological polar surface area (TPSA) is 26.0 Å². The molecule has 1 heterocycles. The normalized spacial score (nSPS) is 10.7. The molecule has 2 aromatic rings. The molecule has 0 radical (unpaired) electrons. The van der Waals surface area contributed by atoms with Gasteiger partial charge in [-0.3, -0.25) is 0 Å². The highest BCUT2D eigenvalue weighted by molar-refractivity contribution is 5.71. The molecule has 56 valence electrons. The van der Waals surface area contributed by atoms with Gasteiger partial charge < -0.3 is 4.42 Å². The largest absolute Gasteiger partial charge is 0.415 e. The fourth-order valence-electron chi connectivity index (χ4n) is 0.872. The van der Waals surface area contributed by atoms with E-state index >= 15 is 0 Å². The van der Waals surface area contributed by atoms with Crippen LogP contribution in [0, 0.1) is 12.0 Å². The van der Waals surface area contributed by atoms with Gasteiger partial charge in [0.05, 0.1) is 0 Å². The maximum atomic E-state index is 12.4. The van der Waals surface area contributed by atoms with Gasteiger partial charge in [0.2, 0.25) is 0 Å². The average Bonchev–Trinajstić information content (AvgIpc) is 2.27. The summed E-state index contributed by atoms with van der Waals surface area (Å²) >= 11 is 0. The number of nitrogens with zero attached hydrogens (tertiary/aromatic N) is 1. The van der Waals surface area contributed by atoms with Gasteiger partial charge >= 0.3 is 6.14 Å². The Balaban J connectivity index is 2.82. The maximum Gasteiger partial charge on any atom is 0.382 e. The van der Waals surface area contributed by atoms with Crippen LogP contribution in [0.2, 0.25) is 0 Å². The Labute approximate surface area is 60.5 Å². The summed E-state index contributed by atoms with van der Waals surface area (Å²) < 4.78 is 29.2. The van der Waals surface area contributed by atoms with Gasteiger partial charge in [0.1, 0.15) is 11.3 Å². The van der Waals surface area contributed by atoms with Crippen molar-refractivity contribution >= 4 is 11.1 Å². The fourth-order valence-corrected chi connectivity index (χ4v) is 0.872. The molecular weight excluding hydrogens is 152 g/mol. The molecule has 4 heteroatoms. The molecule has 2 nitrogen and oxygen atoms in total. The molecule has 0 aliphatic heterocycles. The van der Waals surface area contributed by atoms with E-state index in [0.29, 0.717) is 0 Å². The minimum atomic E-state index is -0.939. The summed E-state index contributed by atoms with van der Waals surface area (Å²) in [5.41, 5.74) is 0.450. The lowest BCUT2D eigenvalue weighted by Crippen LogP contribution is -1.72. The molecule has 0 N–H and O–H groups in total. The van der Waals surface area contributed by atoms with Crippen molar-refractivity contribution in [1.82, 2.24) is 4.98 Å². The van der Waals surface area contributed by atoms with Gasteiger partial charge in [-0.05, 0) is 12.1 Å². The van der Waals surface area contributed by atoms with E-state index in [4.69, 9.17) is 0 Å². The van der Waals surface area contributed by atoms with Crippen LogP contribution in [0.3, 0.4) is 0 Å². The molecule has 0 aliphatic carbocycles. The summed E-state index contributed by atoms with van der Waals surface area (Å²) in [6.07, 6.45) is -0.939. The molecule has 11 heavy (non-hydrogen) atoms. The first-order valence-electron chi connectivity index (χ1n) is 2.97. The minimum Gasteiger partial charge on any atom is -0.415 e. The first kappa shape index (κ1) is 6.27. The van der Waals surface area contributed by atoms with Crippen LogP contribution in [-0.4, -0.2) is 4.98 Å². The van der Waals surface area contributed by atoms with E-state index in [-0.39, 0.29) is 11.1 Å². The highest BCUT2D eigenvalue weighted by Gasteiger charge is 2.03. The molecule has 0 unspecified atom stereocenters. The number of oxazole rings is 1. The SMILES string of the molecule is Fc1ccc2oc(F)nc2c1. The molecule has 0 amide bonds. The Kier molecular flexibility index (Phi) is 1.15. The Bertz CT molecular complexity index is 396. The number of halogens is 2.